The fourth-order valence-corrected chi connectivity index (χ4v) is 3.16. The molecule has 0 aliphatic rings. The molecule has 0 aliphatic heterocycles. The highest BCUT2D eigenvalue weighted by atomic mass is 35.5. The third-order valence-corrected chi connectivity index (χ3v) is 4.80. The van der Waals surface area contributed by atoms with Gasteiger partial charge < -0.3 is 10.1 Å². The van der Waals surface area contributed by atoms with E-state index in [-0.39, 0.29) is 5.91 Å². The second-order valence-electron chi connectivity index (χ2n) is 6.47. The molecule has 1 heterocycles. The quantitative estimate of drug-likeness (QED) is 0.536. The van der Waals surface area contributed by atoms with E-state index in [9.17, 15) is 4.79 Å². The molecule has 1 amide bonds. The molecule has 1 aromatic heterocycles. The van der Waals surface area contributed by atoms with Crippen molar-refractivity contribution in [3.8, 4) is 22.7 Å². The van der Waals surface area contributed by atoms with Gasteiger partial charge in [-0.1, -0.05) is 49.6 Å². The summed E-state index contributed by atoms with van der Waals surface area (Å²) < 4.78 is 6.87. The molecule has 3 rings (SSSR count). The minimum atomic E-state index is -0.155. The van der Waals surface area contributed by atoms with Crippen molar-refractivity contribution in [3.63, 3.8) is 0 Å². The van der Waals surface area contributed by atoms with Crippen LogP contribution in [0.2, 0.25) is 5.02 Å². The number of aromatic nitrogens is 2. The molecule has 0 aliphatic carbocycles. The van der Waals surface area contributed by atoms with Crippen molar-refractivity contribution in [2.75, 3.05) is 13.7 Å². The van der Waals surface area contributed by atoms with Crippen LogP contribution in [0.3, 0.4) is 0 Å². The maximum Gasteiger partial charge on any atom is 0.270 e. The summed E-state index contributed by atoms with van der Waals surface area (Å²) in [6, 6.07) is 16.7. The molecule has 2 aromatic carbocycles. The molecular formula is C22H24ClN3O2. The first-order valence-electron chi connectivity index (χ1n) is 9.41. The SMILES string of the molecule is CCCCCNC(=O)c1cc(-c2ccccc2Cl)nn1-c1ccc(OC)cc1. The van der Waals surface area contributed by atoms with Crippen molar-refractivity contribution in [3.05, 3.63) is 65.3 Å². The predicted octanol–water partition coefficient (Wildman–Crippen LogP) is 5.12. The Kier molecular flexibility index (Phi) is 6.71. The summed E-state index contributed by atoms with van der Waals surface area (Å²) in [5, 5.41) is 8.25. The van der Waals surface area contributed by atoms with E-state index in [0.717, 1.165) is 36.3 Å². The minimum Gasteiger partial charge on any atom is -0.497 e. The fraction of sp³-hybridized carbons (Fsp3) is 0.273. The molecule has 0 saturated carbocycles. The van der Waals surface area contributed by atoms with Gasteiger partial charge in [0.05, 0.1) is 23.5 Å². The number of unbranched alkanes of at least 4 members (excludes halogenated alkanes) is 2. The van der Waals surface area contributed by atoms with Crippen LogP contribution in [0.1, 0.15) is 36.7 Å². The van der Waals surface area contributed by atoms with Crippen LogP contribution >= 0.6 is 11.6 Å². The second kappa shape index (κ2) is 9.42. The number of hydrogen-bond donors (Lipinski definition) is 1. The number of hydrogen-bond acceptors (Lipinski definition) is 3. The molecule has 28 heavy (non-hydrogen) atoms. The van der Waals surface area contributed by atoms with Crippen molar-refractivity contribution < 1.29 is 9.53 Å². The van der Waals surface area contributed by atoms with Gasteiger partial charge in [-0.25, -0.2) is 4.68 Å². The first-order valence-corrected chi connectivity index (χ1v) is 9.79. The van der Waals surface area contributed by atoms with Crippen LogP contribution in [0.4, 0.5) is 0 Å². The van der Waals surface area contributed by atoms with Crippen LogP contribution in [0.25, 0.3) is 16.9 Å². The number of ether oxygens (including phenoxy) is 1. The number of methoxy groups -OCH3 is 1. The van der Waals surface area contributed by atoms with Gasteiger partial charge in [0.2, 0.25) is 0 Å². The largest absolute Gasteiger partial charge is 0.497 e. The molecule has 3 aromatic rings. The number of benzene rings is 2. The van der Waals surface area contributed by atoms with Crippen LogP contribution in [0, 0.1) is 0 Å². The third-order valence-electron chi connectivity index (χ3n) is 4.47. The highest BCUT2D eigenvalue weighted by molar-refractivity contribution is 6.33. The van der Waals surface area contributed by atoms with Crippen molar-refractivity contribution in [1.29, 1.82) is 0 Å². The third kappa shape index (κ3) is 4.54. The van der Waals surface area contributed by atoms with Crippen molar-refractivity contribution in [2.24, 2.45) is 0 Å². The number of rotatable bonds is 8. The van der Waals surface area contributed by atoms with Crippen molar-refractivity contribution in [1.82, 2.24) is 15.1 Å². The predicted molar refractivity (Wildman–Crippen MR) is 112 cm³/mol. The molecule has 0 bridgehead atoms. The average Bonchev–Trinajstić information content (AvgIpc) is 3.17. The van der Waals surface area contributed by atoms with Crippen molar-refractivity contribution in [2.45, 2.75) is 26.2 Å². The summed E-state index contributed by atoms with van der Waals surface area (Å²) in [6.07, 6.45) is 3.15. The lowest BCUT2D eigenvalue weighted by atomic mass is 10.1. The monoisotopic (exact) mass is 397 g/mol. The molecule has 0 atom stereocenters. The molecule has 0 radical (unpaired) electrons. The Hall–Kier alpha value is -2.79. The van der Waals surface area contributed by atoms with E-state index < -0.39 is 0 Å². The Labute approximate surface area is 170 Å². The number of nitrogens with one attached hydrogen (secondary N) is 1. The zero-order valence-corrected chi connectivity index (χ0v) is 16.9. The number of halogens is 1. The Morgan fingerprint density at radius 2 is 1.89 bits per heavy atom. The highest BCUT2D eigenvalue weighted by Gasteiger charge is 2.18. The summed E-state index contributed by atoms with van der Waals surface area (Å²) in [4.78, 5) is 12.8. The fourth-order valence-electron chi connectivity index (χ4n) is 2.93. The Bertz CT molecular complexity index is 935. The van der Waals surface area contributed by atoms with Gasteiger partial charge >= 0.3 is 0 Å². The zero-order valence-electron chi connectivity index (χ0n) is 16.1. The van der Waals surface area contributed by atoms with E-state index >= 15 is 0 Å². The van der Waals surface area contributed by atoms with Gasteiger partial charge in [-0.05, 0) is 42.8 Å². The first-order chi connectivity index (χ1) is 13.6. The molecule has 5 nitrogen and oxygen atoms in total. The lowest BCUT2D eigenvalue weighted by Gasteiger charge is -2.09. The Balaban J connectivity index is 1.97. The molecule has 146 valence electrons. The highest BCUT2D eigenvalue weighted by Crippen LogP contribution is 2.28. The smallest absolute Gasteiger partial charge is 0.270 e. The Morgan fingerprint density at radius 1 is 1.14 bits per heavy atom. The second-order valence-corrected chi connectivity index (χ2v) is 6.87. The van der Waals surface area contributed by atoms with E-state index in [1.807, 2.05) is 48.5 Å². The average molecular weight is 398 g/mol. The van der Waals surface area contributed by atoms with E-state index in [4.69, 9.17) is 16.3 Å². The summed E-state index contributed by atoms with van der Waals surface area (Å²) in [6.45, 7) is 2.78. The van der Waals surface area contributed by atoms with Gasteiger partial charge in [0.15, 0.2) is 0 Å². The van der Waals surface area contributed by atoms with Crippen LogP contribution in [0.15, 0.2) is 54.6 Å². The number of amides is 1. The van der Waals surface area contributed by atoms with Gasteiger partial charge in [0, 0.05) is 12.1 Å². The molecular weight excluding hydrogens is 374 g/mol. The molecule has 0 unspecified atom stereocenters. The van der Waals surface area contributed by atoms with E-state index in [1.54, 1.807) is 17.9 Å². The van der Waals surface area contributed by atoms with Crippen molar-refractivity contribution >= 4 is 17.5 Å². The summed E-state index contributed by atoms with van der Waals surface area (Å²) in [5.74, 6) is 0.588. The van der Waals surface area contributed by atoms with Gasteiger partial charge in [-0.3, -0.25) is 4.79 Å². The van der Waals surface area contributed by atoms with Crippen LogP contribution in [0.5, 0.6) is 5.75 Å². The topological polar surface area (TPSA) is 56.2 Å². The Morgan fingerprint density at radius 3 is 2.57 bits per heavy atom. The maximum absolute atomic E-state index is 12.8. The van der Waals surface area contributed by atoms with Gasteiger partial charge in [-0.2, -0.15) is 5.10 Å². The molecule has 0 spiro atoms. The van der Waals surface area contributed by atoms with Crippen LogP contribution in [-0.2, 0) is 0 Å². The number of nitrogens with zero attached hydrogens (tertiary/aromatic N) is 2. The number of carbonyl (C=O) groups excluding carboxylic acids is 1. The van der Waals surface area contributed by atoms with E-state index in [0.29, 0.717) is 23.0 Å². The lowest BCUT2D eigenvalue weighted by Crippen LogP contribution is -2.26. The van der Waals surface area contributed by atoms with E-state index in [1.165, 1.54) is 0 Å². The van der Waals surface area contributed by atoms with Gasteiger partial charge in [0.25, 0.3) is 5.91 Å². The first kappa shape index (κ1) is 20.0. The minimum absolute atomic E-state index is 0.155. The van der Waals surface area contributed by atoms with Gasteiger partial charge in [0.1, 0.15) is 11.4 Å². The molecule has 1 N–H and O–H groups in total. The lowest BCUT2D eigenvalue weighted by molar-refractivity contribution is 0.0945. The van der Waals surface area contributed by atoms with E-state index in [2.05, 4.69) is 17.3 Å². The summed E-state index contributed by atoms with van der Waals surface area (Å²) >= 11 is 6.34. The standard InChI is InChI=1S/C22H24ClN3O2/c1-3-4-7-14-24-22(27)21-15-20(18-8-5-6-9-19(18)23)25-26(21)16-10-12-17(28-2)13-11-16/h5-6,8-13,15H,3-4,7,14H2,1-2H3,(H,24,27). The van der Waals surface area contributed by atoms with Crippen LogP contribution in [-0.4, -0.2) is 29.3 Å². The number of carbonyl (C=O) groups is 1. The maximum atomic E-state index is 12.8. The zero-order chi connectivity index (χ0) is 19.9. The normalized spacial score (nSPS) is 10.7. The summed E-state index contributed by atoms with van der Waals surface area (Å²) in [5.41, 5.74) is 2.69. The molecule has 0 saturated heterocycles. The summed E-state index contributed by atoms with van der Waals surface area (Å²) in [7, 11) is 1.62. The van der Waals surface area contributed by atoms with Crippen LogP contribution < -0.4 is 10.1 Å². The molecule has 0 fully saturated rings. The van der Waals surface area contributed by atoms with Gasteiger partial charge in [-0.15, -0.1) is 0 Å². The molecule has 6 heteroatoms.